The molecule has 0 spiro atoms. The first-order valence-corrected chi connectivity index (χ1v) is 7.71. The smallest absolute Gasteiger partial charge is 0.309 e. The van der Waals surface area contributed by atoms with Crippen LogP contribution in [0.5, 0.6) is 0 Å². The van der Waals surface area contributed by atoms with E-state index in [-0.39, 0.29) is 17.7 Å². The Hall–Kier alpha value is -0.900. The molecule has 1 aliphatic rings. The van der Waals surface area contributed by atoms with Crippen LogP contribution < -0.4 is 0 Å². The summed E-state index contributed by atoms with van der Waals surface area (Å²) in [6, 6.07) is 4.72. The van der Waals surface area contributed by atoms with E-state index in [1.54, 1.807) is 12.1 Å². The number of hydrogen-bond donors (Lipinski definition) is 1. The molecule has 2 nitrogen and oxygen atoms in total. The van der Waals surface area contributed by atoms with Gasteiger partial charge in [0.15, 0.2) is 0 Å². The first-order valence-electron chi connectivity index (χ1n) is 6.92. The van der Waals surface area contributed by atoms with E-state index in [1.807, 2.05) is 0 Å². The second-order valence-corrected chi connectivity index (χ2v) is 7.58. The fourth-order valence-corrected chi connectivity index (χ4v) is 3.32. The summed E-state index contributed by atoms with van der Waals surface area (Å²) in [6.45, 7) is 4.33. The van der Waals surface area contributed by atoms with Crippen molar-refractivity contribution in [2.45, 2.75) is 46.0 Å². The van der Waals surface area contributed by atoms with Crippen LogP contribution in [0.15, 0.2) is 22.7 Å². The lowest BCUT2D eigenvalue weighted by atomic mass is 9.63. The van der Waals surface area contributed by atoms with E-state index >= 15 is 0 Å². The van der Waals surface area contributed by atoms with Crippen LogP contribution in [0.1, 0.15) is 45.1 Å². The lowest BCUT2D eigenvalue weighted by Gasteiger charge is -2.41. The zero-order valence-corrected chi connectivity index (χ0v) is 13.5. The Labute approximate surface area is 127 Å². The number of rotatable bonds is 3. The van der Waals surface area contributed by atoms with Crippen molar-refractivity contribution in [1.82, 2.24) is 0 Å². The van der Waals surface area contributed by atoms with Crippen LogP contribution in [-0.4, -0.2) is 11.1 Å². The minimum atomic E-state index is -0.822. The predicted molar refractivity (Wildman–Crippen MR) is 80.1 cm³/mol. The van der Waals surface area contributed by atoms with Crippen molar-refractivity contribution in [1.29, 1.82) is 0 Å². The van der Waals surface area contributed by atoms with Crippen molar-refractivity contribution in [2.75, 3.05) is 0 Å². The van der Waals surface area contributed by atoms with Gasteiger partial charge in [-0.3, -0.25) is 4.79 Å². The molecule has 0 bridgehead atoms. The highest BCUT2D eigenvalue weighted by Crippen LogP contribution is 2.47. The first-order chi connectivity index (χ1) is 9.24. The minimum Gasteiger partial charge on any atom is -0.481 e. The highest BCUT2D eigenvalue weighted by Gasteiger charge is 2.44. The number of carboxylic acids is 1. The Morgan fingerprint density at radius 3 is 2.45 bits per heavy atom. The third kappa shape index (κ3) is 3.22. The van der Waals surface area contributed by atoms with E-state index < -0.39 is 11.4 Å². The van der Waals surface area contributed by atoms with E-state index in [0.717, 1.165) is 17.3 Å². The van der Waals surface area contributed by atoms with E-state index in [0.29, 0.717) is 18.4 Å². The number of aliphatic carboxylic acids is 1. The van der Waals surface area contributed by atoms with E-state index in [4.69, 9.17) is 0 Å². The van der Waals surface area contributed by atoms with Gasteiger partial charge in [-0.2, -0.15) is 0 Å². The van der Waals surface area contributed by atoms with Gasteiger partial charge in [0, 0.05) is 4.47 Å². The average Bonchev–Trinajstić information content (AvgIpc) is 2.36. The van der Waals surface area contributed by atoms with Crippen molar-refractivity contribution in [3.8, 4) is 0 Å². The van der Waals surface area contributed by atoms with E-state index in [9.17, 15) is 14.3 Å². The molecule has 0 radical (unpaired) electrons. The third-order valence-corrected chi connectivity index (χ3v) is 5.04. The molecule has 4 heteroatoms. The largest absolute Gasteiger partial charge is 0.481 e. The number of carbonyl (C=O) groups is 1. The molecular formula is C16H20BrFO2. The van der Waals surface area contributed by atoms with Gasteiger partial charge in [0.25, 0.3) is 0 Å². The van der Waals surface area contributed by atoms with Gasteiger partial charge in [-0.25, -0.2) is 4.39 Å². The number of carboxylic acid groups (broad SMARTS) is 1. The third-order valence-electron chi connectivity index (χ3n) is 4.55. The maximum Gasteiger partial charge on any atom is 0.309 e. The molecule has 1 N–H and O–H groups in total. The molecule has 0 amide bonds. The Kier molecular flexibility index (Phi) is 4.24. The quantitative estimate of drug-likeness (QED) is 0.856. The van der Waals surface area contributed by atoms with Crippen LogP contribution in [0.25, 0.3) is 0 Å². The lowest BCUT2D eigenvalue weighted by molar-refractivity contribution is -0.152. The van der Waals surface area contributed by atoms with Gasteiger partial charge in [-0.05, 0) is 61.3 Å². The predicted octanol–water partition coefficient (Wildman–Crippen LogP) is 4.80. The second-order valence-electron chi connectivity index (χ2n) is 6.66. The molecule has 0 unspecified atom stereocenters. The maximum absolute atomic E-state index is 13.9. The zero-order chi connectivity index (χ0) is 15.0. The molecule has 2 rings (SSSR count). The van der Waals surface area contributed by atoms with Crippen molar-refractivity contribution >= 4 is 21.9 Å². The van der Waals surface area contributed by atoms with E-state index in [1.165, 1.54) is 6.07 Å². The number of benzene rings is 1. The van der Waals surface area contributed by atoms with Crippen LogP contribution in [0.4, 0.5) is 4.39 Å². The highest BCUT2D eigenvalue weighted by molar-refractivity contribution is 9.10. The van der Waals surface area contributed by atoms with Gasteiger partial charge in [0.05, 0.1) is 5.41 Å². The molecule has 1 aromatic carbocycles. The fourth-order valence-electron chi connectivity index (χ4n) is 2.91. The fraction of sp³-hybridized carbons (Fsp3) is 0.562. The van der Waals surface area contributed by atoms with Gasteiger partial charge in [-0.1, -0.05) is 29.8 Å². The maximum atomic E-state index is 13.9. The van der Waals surface area contributed by atoms with Crippen LogP contribution >= 0.6 is 15.9 Å². The Balaban J connectivity index is 2.27. The highest BCUT2D eigenvalue weighted by atomic mass is 79.9. The summed E-state index contributed by atoms with van der Waals surface area (Å²) < 4.78 is 14.7. The lowest BCUT2D eigenvalue weighted by Crippen LogP contribution is -2.39. The standard InChI is InChI=1S/C16H20BrFO2/c1-15(2)5-7-16(8-6-15,14(19)20)10-11-9-12(17)3-4-13(11)18/h3-4,9H,5-8,10H2,1-2H3,(H,19,20). The molecule has 1 aromatic rings. The number of halogens is 2. The first kappa shape index (κ1) is 15.5. The molecule has 110 valence electrons. The Bertz CT molecular complexity index is 515. The summed E-state index contributed by atoms with van der Waals surface area (Å²) in [5.74, 6) is -1.12. The summed E-state index contributed by atoms with van der Waals surface area (Å²) in [4.78, 5) is 11.8. The molecule has 1 aliphatic carbocycles. The van der Waals surface area contributed by atoms with Crippen molar-refractivity contribution in [3.05, 3.63) is 34.1 Å². The molecule has 0 aromatic heterocycles. The number of hydrogen-bond acceptors (Lipinski definition) is 1. The second kappa shape index (κ2) is 5.47. The van der Waals surface area contributed by atoms with Gasteiger partial charge in [0.2, 0.25) is 0 Å². The van der Waals surface area contributed by atoms with Gasteiger partial charge in [0.1, 0.15) is 5.82 Å². The van der Waals surface area contributed by atoms with Crippen LogP contribution in [0.2, 0.25) is 0 Å². The summed E-state index contributed by atoms with van der Waals surface area (Å²) in [5.41, 5.74) is -0.146. The monoisotopic (exact) mass is 342 g/mol. The molecule has 0 saturated heterocycles. The average molecular weight is 343 g/mol. The van der Waals surface area contributed by atoms with Gasteiger partial charge in [-0.15, -0.1) is 0 Å². The van der Waals surface area contributed by atoms with Gasteiger partial charge >= 0.3 is 5.97 Å². The molecule has 0 heterocycles. The van der Waals surface area contributed by atoms with Crippen molar-refractivity contribution in [2.24, 2.45) is 10.8 Å². The molecule has 0 aliphatic heterocycles. The van der Waals surface area contributed by atoms with Crippen LogP contribution in [0.3, 0.4) is 0 Å². The van der Waals surface area contributed by atoms with Gasteiger partial charge < -0.3 is 5.11 Å². The zero-order valence-electron chi connectivity index (χ0n) is 11.9. The normalized spacial score (nSPS) is 20.6. The summed E-state index contributed by atoms with van der Waals surface area (Å²) >= 11 is 3.32. The molecule has 1 fully saturated rings. The molecule has 20 heavy (non-hydrogen) atoms. The van der Waals surface area contributed by atoms with Crippen molar-refractivity contribution in [3.63, 3.8) is 0 Å². The van der Waals surface area contributed by atoms with Crippen LogP contribution in [-0.2, 0) is 11.2 Å². The van der Waals surface area contributed by atoms with E-state index in [2.05, 4.69) is 29.8 Å². The molecule has 0 atom stereocenters. The van der Waals surface area contributed by atoms with Crippen molar-refractivity contribution < 1.29 is 14.3 Å². The molecular weight excluding hydrogens is 323 g/mol. The molecule has 1 saturated carbocycles. The Morgan fingerprint density at radius 2 is 1.90 bits per heavy atom. The Morgan fingerprint density at radius 1 is 1.30 bits per heavy atom. The topological polar surface area (TPSA) is 37.3 Å². The van der Waals surface area contributed by atoms with Crippen LogP contribution in [0, 0.1) is 16.6 Å². The SMILES string of the molecule is CC1(C)CCC(Cc2cc(Br)ccc2F)(C(=O)O)CC1. The minimum absolute atomic E-state index is 0.189. The summed E-state index contributed by atoms with van der Waals surface area (Å²) in [6.07, 6.45) is 3.23. The summed E-state index contributed by atoms with van der Waals surface area (Å²) in [7, 11) is 0. The summed E-state index contributed by atoms with van der Waals surface area (Å²) in [5, 5.41) is 9.65.